The van der Waals surface area contributed by atoms with Gasteiger partial charge < -0.3 is 0 Å². The zero-order valence-corrected chi connectivity index (χ0v) is 10.5. The average molecular weight is 239 g/mol. The minimum atomic E-state index is 1.06. The molecule has 0 fully saturated rings. The molecule has 0 saturated heterocycles. The number of nitrogens with zero attached hydrogens (tertiary/aromatic N) is 1. The van der Waals surface area contributed by atoms with Crippen LogP contribution in [0.1, 0.15) is 12.5 Å². The highest BCUT2D eigenvalue weighted by atomic mass is 32.1. The summed E-state index contributed by atoms with van der Waals surface area (Å²) < 4.78 is 1.26. The molecule has 3 rings (SSSR count). The van der Waals surface area contributed by atoms with E-state index in [1.165, 1.54) is 15.8 Å². The van der Waals surface area contributed by atoms with Crippen molar-refractivity contribution in [2.75, 3.05) is 0 Å². The van der Waals surface area contributed by atoms with Crippen LogP contribution in [0.4, 0.5) is 0 Å². The number of aryl methyl sites for hydroxylation is 1. The Bertz CT molecular complexity index is 640. The van der Waals surface area contributed by atoms with Crippen molar-refractivity contribution >= 4 is 21.6 Å². The SMILES string of the molecule is CCc1ccc2sc(-c3ccccc3)nc2c1. The Labute approximate surface area is 105 Å². The van der Waals surface area contributed by atoms with E-state index in [0.717, 1.165) is 16.9 Å². The number of thiazole rings is 1. The van der Waals surface area contributed by atoms with Gasteiger partial charge in [-0.3, -0.25) is 0 Å². The topological polar surface area (TPSA) is 12.9 Å². The molecule has 1 heterocycles. The molecular formula is C15H13NS. The number of hydrogen-bond donors (Lipinski definition) is 0. The van der Waals surface area contributed by atoms with Crippen LogP contribution in [-0.4, -0.2) is 4.98 Å². The number of hydrogen-bond acceptors (Lipinski definition) is 2. The van der Waals surface area contributed by atoms with Gasteiger partial charge in [0.1, 0.15) is 5.01 Å². The van der Waals surface area contributed by atoms with Gasteiger partial charge in [0, 0.05) is 5.56 Å². The molecule has 0 bridgehead atoms. The Hall–Kier alpha value is -1.67. The monoisotopic (exact) mass is 239 g/mol. The normalized spacial score (nSPS) is 10.9. The van der Waals surface area contributed by atoms with Gasteiger partial charge in [0.2, 0.25) is 0 Å². The Morgan fingerprint density at radius 1 is 1.06 bits per heavy atom. The smallest absolute Gasteiger partial charge is 0.124 e. The summed E-state index contributed by atoms with van der Waals surface area (Å²) in [5.74, 6) is 0. The van der Waals surface area contributed by atoms with Crippen molar-refractivity contribution in [1.82, 2.24) is 4.98 Å². The summed E-state index contributed by atoms with van der Waals surface area (Å²) in [5.41, 5.74) is 3.67. The molecule has 2 heteroatoms. The fourth-order valence-electron chi connectivity index (χ4n) is 1.90. The fraction of sp³-hybridized carbons (Fsp3) is 0.133. The Balaban J connectivity index is 2.14. The quantitative estimate of drug-likeness (QED) is 0.640. The van der Waals surface area contributed by atoms with Gasteiger partial charge in [-0.05, 0) is 24.1 Å². The van der Waals surface area contributed by atoms with E-state index in [9.17, 15) is 0 Å². The molecule has 0 unspecified atom stereocenters. The molecule has 84 valence electrons. The first-order valence-corrected chi connectivity index (χ1v) is 6.63. The van der Waals surface area contributed by atoms with Crippen molar-refractivity contribution in [3.05, 3.63) is 54.1 Å². The highest BCUT2D eigenvalue weighted by Gasteiger charge is 2.05. The molecule has 0 aliphatic rings. The van der Waals surface area contributed by atoms with Crippen LogP contribution in [0.2, 0.25) is 0 Å². The van der Waals surface area contributed by atoms with Crippen molar-refractivity contribution in [3.63, 3.8) is 0 Å². The van der Waals surface area contributed by atoms with Crippen molar-refractivity contribution in [2.24, 2.45) is 0 Å². The van der Waals surface area contributed by atoms with Crippen LogP contribution < -0.4 is 0 Å². The fourth-order valence-corrected chi connectivity index (χ4v) is 2.85. The van der Waals surface area contributed by atoms with E-state index in [2.05, 4.69) is 49.4 Å². The predicted molar refractivity (Wildman–Crippen MR) is 74.4 cm³/mol. The summed E-state index contributed by atoms with van der Waals surface area (Å²) >= 11 is 1.76. The molecule has 0 aliphatic carbocycles. The summed E-state index contributed by atoms with van der Waals surface area (Å²) in [5, 5.41) is 1.11. The lowest BCUT2D eigenvalue weighted by atomic mass is 10.2. The maximum absolute atomic E-state index is 4.71. The second-order valence-corrected chi connectivity index (χ2v) is 5.07. The summed E-state index contributed by atoms with van der Waals surface area (Å²) in [6.45, 7) is 2.17. The standard InChI is InChI=1S/C15H13NS/c1-2-11-8-9-14-13(10-11)16-15(17-14)12-6-4-3-5-7-12/h3-10H,2H2,1H3. The van der Waals surface area contributed by atoms with E-state index < -0.39 is 0 Å². The van der Waals surface area contributed by atoms with Gasteiger partial charge >= 0.3 is 0 Å². The summed E-state index contributed by atoms with van der Waals surface area (Å²) in [7, 11) is 0. The molecule has 2 aromatic carbocycles. The number of fused-ring (bicyclic) bond motifs is 1. The Morgan fingerprint density at radius 3 is 2.65 bits per heavy atom. The van der Waals surface area contributed by atoms with Crippen LogP contribution in [0.25, 0.3) is 20.8 Å². The molecule has 0 atom stereocenters. The first kappa shape index (κ1) is 10.5. The highest BCUT2D eigenvalue weighted by Crippen LogP contribution is 2.30. The summed E-state index contributed by atoms with van der Waals surface area (Å²) in [6, 6.07) is 16.9. The van der Waals surface area contributed by atoms with Gasteiger partial charge in [0.15, 0.2) is 0 Å². The van der Waals surface area contributed by atoms with Gasteiger partial charge in [0.05, 0.1) is 10.2 Å². The van der Waals surface area contributed by atoms with Crippen molar-refractivity contribution in [3.8, 4) is 10.6 Å². The molecule has 0 N–H and O–H groups in total. The second-order valence-electron chi connectivity index (χ2n) is 4.04. The lowest BCUT2D eigenvalue weighted by Crippen LogP contribution is -1.78. The Kier molecular flexibility index (Phi) is 2.65. The number of benzene rings is 2. The molecule has 0 amide bonds. The minimum absolute atomic E-state index is 1.06. The molecule has 0 radical (unpaired) electrons. The van der Waals surface area contributed by atoms with Crippen molar-refractivity contribution in [1.29, 1.82) is 0 Å². The van der Waals surface area contributed by atoms with Gasteiger partial charge in [-0.2, -0.15) is 0 Å². The maximum Gasteiger partial charge on any atom is 0.124 e. The zero-order valence-electron chi connectivity index (χ0n) is 9.68. The summed E-state index contributed by atoms with van der Waals surface area (Å²) in [4.78, 5) is 4.71. The predicted octanol–water partition coefficient (Wildman–Crippen LogP) is 4.53. The van der Waals surface area contributed by atoms with Gasteiger partial charge in [-0.15, -0.1) is 11.3 Å². The van der Waals surface area contributed by atoms with Gasteiger partial charge in [-0.25, -0.2) is 4.98 Å². The van der Waals surface area contributed by atoms with Crippen LogP contribution in [-0.2, 0) is 6.42 Å². The third kappa shape index (κ3) is 1.96. The van der Waals surface area contributed by atoms with E-state index in [0.29, 0.717) is 0 Å². The first-order chi connectivity index (χ1) is 8.36. The van der Waals surface area contributed by atoms with Crippen LogP contribution in [0.5, 0.6) is 0 Å². The molecule has 1 nitrogen and oxygen atoms in total. The van der Waals surface area contributed by atoms with Crippen molar-refractivity contribution < 1.29 is 0 Å². The molecule has 17 heavy (non-hydrogen) atoms. The number of rotatable bonds is 2. The molecular weight excluding hydrogens is 226 g/mol. The van der Waals surface area contributed by atoms with Crippen molar-refractivity contribution in [2.45, 2.75) is 13.3 Å². The average Bonchev–Trinajstić information content (AvgIpc) is 2.82. The molecule has 3 aromatic rings. The maximum atomic E-state index is 4.71. The van der Waals surface area contributed by atoms with Gasteiger partial charge in [0.25, 0.3) is 0 Å². The third-order valence-corrected chi connectivity index (χ3v) is 3.97. The number of aromatic nitrogens is 1. The van der Waals surface area contributed by atoms with Crippen LogP contribution in [0, 0.1) is 0 Å². The molecule has 0 aliphatic heterocycles. The van der Waals surface area contributed by atoms with Crippen LogP contribution in [0.3, 0.4) is 0 Å². The Morgan fingerprint density at radius 2 is 1.88 bits per heavy atom. The third-order valence-electron chi connectivity index (χ3n) is 2.88. The summed E-state index contributed by atoms with van der Waals surface area (Å²) in [6.07, 6.45) is 1.06. The molecule has 0 spiro atoms. The van der Waals surface area contributed by atoms with E-state index >= 15 is 0 Å². The van der Waals surface area contributed by atoms with E-state index in [1.807, 2.05) is 6.07 Å². The lowest BCUT2D eigenvalue weighted by Gasteiger charge is -1.93. The first-order valence-electron chi connectivity index (χ1n) is 5.81. The zero-order chi connectivity index (χ0) is 11.7. The van der Waals surface area contributed by atoms with Crippen LogP contribution >= 0.6 is 11.3 Å². The van der Waals surface area contributed by atoms with E-state index in [1.54, 1.807) is 11.3 Å². The molecule has 0 saturated carbocycles. The van der Waals surface area contributed by atoms with Crippen LogP contribution in [0.15, 0.2) is 48.5 Å². The van der Waals surface area contributed by atoms with E-state index in [4.69, 9.17) is 4.98 Å². The second kappa shape index (κ2) is 4.30. The largest absolute Gasteiger partial charge is 0.236 e. The molecule has 1 aromatic heterocycles. The lowest BCUT2D eigenvalue weighted by molar-refractivity contribution is 1.14. The minimum Gasteiger partial charge on any atom is -0.236 e. The van der Waals surface area contributed by atoms with E-state index in [-0.39, 0.29) is 0 Å². The van der Waals surface area contributed by atoms with Gasteiger partial charge in [-0.1, -0.05) is 43.3 Å². The highest BCUT2D eigenvalue weighted by molar-refractivity contribution is 7.21.